The summed E-state index contributed by atoms with van der Waals surface area (Å²) in [5.74, 6) is 3.20. The van der Waals surface area contributed by atoms with E-state index in [2.05, 4.69) is 14.8 Å². The summed E-state index contributed by atoms with van der Waals surface area (Å²) < 4.78 is 12.9. The minimum atomic E-state index is -0.00931. The van der Waals surface area contributed by atoms with Gasteiger partial charge in [0.25, 0.3) is 5.91 Å². The molecule has 1 aromatic heterocycles. The Labute approximate surface area is 159 Å². The van der Waals surface area contributed by atoms with Crippen molar-refractivity contribution < 1.29 is 14.3 Å². The first-order valence-corrected chi connectivity index (χ1v) is 9.68. The molecule has 2 aliphatic heterocycles. The van der Waals surface area contributed by atoms with Gasteiger partial charge >= 0.3 is 0 Å². The standard InChI is InChI=1S/C20H26N4O3/c1-26-16-10-9-14(13-17(16)27-2)20(25)23-12-6-7-15(23)19-22-21-18-8-4-3-5-11-24(18)19/h9-10,13,15H,3-8,11-12H2,1-2H3. The number of amides is 1. The number of rotatable bonds is 4. The van der Waals surface area contributed by atoms with Gasteiger partial charge in [0.2, 0.25) is 0 Å². The lowest BCUT2D eigenvalue weighted by Gasteiger charge is -2.25. The molecule has 0 radical (unpaired) electrons. The maximum absolute atomic E-state index is 13.2. The van der Waals surface area contributed by atoms with E-state index >= 15 is 0 Å². The number of carbonyl (C=O) groups excluding carboxylic acids is 1. The molecular weight excluding hydrogens is 344 g/mol. The summed E-state index contributed by atoms with van der Waals surface area (Å²) in [5.41, 5.74) is 0.607. The molecule has 1 amide bonds. The van der Waals surface area contributed by atoms with Gasteiger partial charge < -0.3 is 18.9 Å². The number of benzene rings is 1. The molecule has 2 aromatic rings. The van der Waals surface area contributed by atoms with Crippen molar-refractivity contribution in [1.29, 1.82) is 0 Å². The molecule has 0 spiro atoms. The first kappa shape index (κ1) is 17.8. The minimum absolute atomic E-state index is 0.00410. The van der Waals surface area contributed by atoms with Crippen LogP contribution in [-0.2, 0) is 13.0 Å². The zero-order valence-electron chi connectivity index (χ0n) is 16.0. The maximum Gasteiger partial charge on any atom is 0.254 e. The molecule has 2 aliphatic rings. The van der Waals surface area contributed by atoms with E-state index in [9.17, 15) is 4.79 Å². The SMILES string of the molecule is COc1ccc(C(=O)N2CCCC2c2nnc3n2CCCCC3)cc1OC. The average molecular weight is 370 g/mol. The van der Waals surface area contributed by atoms with Crippen molar-refractivity contribution in [3.8, 4) is 11.5 Å². The van der Waals surface area contributed by atoms with Crippen LogP contribution in [0.15, 0.2) is 18.2 Å². The van der Waals surface area contributed by atoms with Gasteiger partial charge in [-0.3, -0.25) is 4.79 Å². The molecule has 0 N–H and O–H groups in total. The van der Waals surface area contributed by atoms with Crippen molar-refractivity contribution in [2.24, 2.45) is 0 Å². The van der Waals surface area contributed by atoms with Crippen molar-refractivity contribution in [2.75, 3.05) is 20.8 Å². The zero-order chi connectivity index (χ0) is 18.8. The minimum Gasteiger partial charge on any atom is -0.493 e. The molecule has 7 nitrogen and oxygen atoms in total. The van der Waals surface area contributed by atoms with Crippen LogP contribution < -0.4 is 9.47 Å². The molecule has 0 aliphatic carbocycles. The van der Waals surface area contributed by atoms with Crippen LogP contribution in [0.25, 0.3) is 0 Å². The van der Waals surface area contributed by atoms with Crippen LogP contribution >= 0.6 is 0 Å². The van der Waals surface area contributed by atoms with E-state index in [4.69, 9.17) is 9.47 Å². The molecule has 1 saturated heterocycles. The first-order chi connectivity index (χ1) is 13.2. The highest BCUT2D eigenvalue weighted by Gasteiger charge is 2.35. The molecule has 0 bridgehead atoms. The number of likely N-dealkylation sites (tertiary alicyclic amines) is 1. The van der Waals surface area contributed by atoms with Gasteiger partial charge in [0.15, 0.2) is 17.3 Å². The number of aryl methyl sites for hydroxylation is 1. The van der Waals surface area contributed by atoms with Gasteiger partial charge in [-0.25, -0.2) is 0 Å². The van der Waals surface area contributed by atoms with Gasteiger partial charge in [0.05, 0.1) is 20.3 Å². The Balaban J connectivity index is 1.62. The number of hydrogen-bond donors (Lipinski definition) is 0. The lowest BCUT2D eigenvalue weighted by atomic mass is 10.1. The summed E-state index contributed by atoms with van der Waals surface area (Å²) in [6, 6.07) is 5.31. The molecule has 1 fully saturated rings. The second kappa shape index (κ2) is 7.58. The molecular formula is C20H26N4O3. The van der Waals surface area contributed by atoms with Crippen LogP contribution in [0.4, 0.5) is 0 Å². The Hall–Kier alpha value is -2.57. The lowest BCUT2D eigenvalue weighted by molar-refractivity contribution is 0.0726. The van der Waals surface area contributed by atoms with Gasteiger partial charge in [-0.05, 0) is 43.9 Å². The Morgan fingerprint density at radius 3 is 2.70 bits per heavy atom. The summed E-state index contributed by atoms with van der Waals surface area (Å²) in [4.78, 5) is 15.2. The van der Waals surface area contributed by atoms with E-state index in [0.29, 0.717) is 17.1 Å². The lowest BCUT2D eigenvalue weighted by Crippen LogP contribution is -2.32. The zero-order valence-corrected chi connectivity index (χ0v) is 16.0. The van der Waals surface area contributed by atoms with Crippen molar-refractivity contribution in [1.82, 2.24) is 19.7 Å². The van der Waals surface area contributed by atoms with Crippen LogP contribution in [0, 0.1) is 0 Å². The number of aromatic nitrogens is 3. The topological polar surface area (TPSA) is 69.5 Å². The van der Waals surface area contributed by atoms with Gasteiger partial charge in [0, 0.05) is 25.1 Å². The van der Waals surface area contributed by atoms with E-state index < -0.39 is 0 Å². The van der Waals surface area contributed by atoms with Gasteiger partial charge in [0.1, 0.15) is 5.82 Å². The largest absolute Gasteiger partial charge is 0.493 e. The number of hydrogen-bond acceptors (Lipinski definition) is 5. The number of methoxy groups -OCH3 is 2. The predicted octanol–water partition coefficient (Wildman–Crippen LogP) is 3.00. The second-order valence-corrected chi connectivity index (χ2v) is 7.16. The van der Waals surface area contributed by atoms with Crippen molar-refractivity contribution in [2.45, 2.75) is 51.1 Å². The summed E-state index contributed by atoms with van der Waals surface area (Å²) in [5, 5.41) is 8.90. The van der Waals surface area contributed by atoms with Gasteiger partial charge in [-0.15, -0.1) is 10.2 Å². The normalized spacial score (nSPS) is 19.5. The fourth-order valence-electron chi connectivity index (χ4n) is 4.17. The van der Waals surface area contributed by atoms with Crippen LogP contribution in [0.3, 0.4) is 0 Å². The Kier molecular flexibility index (Phi) is 5.01. The monoisotopic (exact) mass is 370 g/mol. The van der Waals surface area contributed by atoms with Crippen LogP contribution in [0.1, 0.15) is 60.2 Å². The van der Waals surface area contributed by atoms with E-state index in [1.54, 1.807) is 32.4 Å². The Bertz CT molecular complexity index is 833. The van der Waals surface area contributed by atoms with Crippen LogP contribution in [0.2, 0.25) is 0 Å². The summed E-state index contributed by atoms with van der Waals surface area (Å²) in [6.45, 7) is 1.69. The Morgan fingerprint density at radius 2 is 1.89 bits per heavy atom. The molecule has 0 saturated carbocycles. The number of ether oxygens (including phenoxy) is 2. The van der Waals surface area contributed by atoms with Crippen molar-refractivity contribution in [3.63, 3.8) is 0 Å². The first-order valence-electron chi connectivity index (χ1n) is 9.68. The van der Waals surface area contributed by atoms with Crippen LogP contribution in [0.5, 0.6) is 11.5 Å². The molecule has 1 unspecified atom stereocenters. The molecule has 7 heteroatoms. The van der Waals surface area contributed by atoms with E-state index in [1.807, 2.05) is 4.90 Å². The smallest absolute Gasteiger partial charge is 0.254 e. The molecule has 4 rings (SSSR count). The van der Waals surface area contributed by atoms with E-state index in [-0.39, 0.29) is 11.9 Å². The summed E-state index contributed by atoms with van der Waals surface area (Å²) >= 11 is 0. The quantitative estimate of drug-likeness (QED) is 0.827. The van der Waals surface area contributed by atoms with Gasteiger partial charge in [-0.2, -0.15) is 0 Å². The number of fused-ring (bicyclic) bond motifs is 1. The maximum atomic E-state index is 13.2. The number of carbonyl (C=O) groups is 1. The summed E-state index contributed by atoms with van der Waals surface area (Å²) in [7, 11) is 3.17. The highest BCUT2D eigenvalue weighted by atomic mass is 16.5. The highest BCUT2D eigenvalue weighted by Crippen LogP contribution is 2.35. The molecule has 27 heavy (non-hydrogen) atoms. The molecule has 144 valence electrons. The van der Waals surface area contributed by atoms with E-state index in [0.717, 1.165) is 56.8 Å². The predicted molar refractivity (Wildman–Crippen MR) is 100 cm³/mol. The third-order valence-electron chi connectivity index (χ3n) is 5.58. The Morgan fingerprint density at radius 1 is 1.04 bits per heavy atom. The third-order valence-corrected chi connectivity index (χ3v) is 5.58. The fraction of sp³-hybridized carbons (Fsp3) is 0.550. The molecule has 1 atom stereocenters. The van der Waals surface area contributed by atoms with Crippen LogP contribution in [-0.4, -0.2) is 46.3 Å². The van der Waals surface area contributed by atoms with Gasteiger partial charge in [-0.1, -0.05) is 6.42 Å². The highest BCUT2D eigenvalue weighted by molar-refractivity contribution is 5.95. The third kappa shape index (κ3) is 3.26. The molecule has 1 aromatic carbocycles. The fourth-order valence-corrected chi connectivity index (χ4v) is 4.17. The van der Waals surface area contributed by atoms with Crippen molar-refractivity contribution >= 4 is 5.91 Å². The molecule has 3 heterocycles. The average Bonchev–Trinajstić information content (AvgIpc) is 3.27. The summed E-state index contributed by atoms with van der Waals surface area (Å²) in [6.07, 6.45) is 6.42. The van der Waals surface area contributed by atoms with Crippen molar-refractivity contribution in [3.05, 3.63) is 35.4 Å². The second-order valence-electron chi connectivity index (χ2n) is 7.16. The number of nitrogens with zero attached hydrogens (tertiary/aromatic N) is 4. The van der Waals surface area contributed by atoms with E-state index in [1.165, 1.54) is 6.42 Å².